The molecule has 0 N–H and O–H groups in total. The maximum absolute atomic E-state index is 6.13. The highest BCUT2D eigenvalue weighted by molar-refractivity contribution is 6.03. The van der Waals surface area contributed by atoms with E-state index in [-0.39, 0.29) is 11.5 Å². The highest BCUT2D eigenvalue weighted by Crippen LogP contribution is 2.51. The van der Waals surface area contributed by atoms with Crippen LogP contribution in [0.3, 0.4) is 0 Å². The van der Waals surface area contributed by atoms with Gasteiger partial charge in [-0.1, -0.05) is 19.9 Å². The number of rotatable bonds is 9. The molecule has 0 heterocycles. The zero-order valence-corrected chi connectivity index (χ0v) is 17.3. The van der Waals surface area contributed by atoms with E-state index in [0.29, 0.717) is 29.6 Å². The van der Waals surface area contributed by atoms with E-state index in [9.17, 15) is 0 Å². The summed E-state index contributed by atoms with van der Waals surface area (Å²) in [5.41, 5.74) is 0.550. The smallest absolute Gasteiger partial charge is 0.136 e. The Morgan fingerprint density at radius 2 is 1.48 bits per heavy atom. The van der Waals surface area contributed by atoms with E-state index in [0.717, 1.165) is 16.3 Å². The number of ether oxygens (including phenoxy) is 5. The molecule has 0 spiro atoms. The summed E-state index contributed by atoms with van der Waals surface area (Å²) in [6, 6.07) is 5.67. The number of benzene rings is 2. The first-order valence-corrected chi connectivity index (χ1v) is 8.94. The Balaban J connectivity index is 2.98. The fourth-order valence-corrected chi connectivity index (χ4v) is 3.35. The molecule has 0 radical (unpaired) electrons. The van der Waals surface area contributed by atoms with Crippen molar-refractivity contribution in [3.8, 4) is 23.0 Å². The summed E-state index contributed by atoms with van der Waals surface area (Å²) in [6.07, 6.45) is 1.62. The van der Waals surface area contributed by atoms with Crippen molar-refractivity contribution in [2.24, 2.45) is 5.41 Å². The Morgan fingerprint density at radius 1 is 0.926 bits per heavy atom. The molecule has 1 atom stereocenters. The molecule has 0 fully saturated rings. The molecule has 0 aromatic heterocycles. The maximum atomic E-state index is 6.13. The van der Waals surface area contributed by atoms with Crippen molar-refractivity contribution in [2.75, 3.05) is 35.0 Å². The first-order valence-electron chi connectivity index (χ1n) is 8.94. The van der Waals surface area contributed by atoms with Gasteiger partial charge in [0.25, 0.3) is 0 Å². The highest BCUT2D eigenvalue weighted by Gasteiger charge is 2.34. The standard InChI is InChI=1S/C22H30O5/c1-9-22(3,4)21(27-10-2)14-13-17(25-7)18-15(23-5)11-12-16(24-6)19(18)20(14)26-8/h9,11-13,21H,1,10H2,2-8H3. The third-order valence-corrected chi connectivity index (χ3v) is 4.83. The minimum Gasteiger partial charge on any atom is -0.496 e. The number of fused-ring (bicyclic) bond motifs is 1. The number of hydrogen-bond donors (Lipinski definition) is 0. The molecule has 5 heteroatoms. The fraction of sp³-hybridized carbons (Fsp3) is 0.455. The maximum Gasteiger partial charge on any atom is 0.136 e. The van der Waals surface area contributed by atoms with Crippen LogP contribution in [-0.4, -0.2) is 35.0 Å². The van der Waals surface area contributed by atoms with Crippen LogP contribution in [0.4, 0.5) is 0 Å². The van der Waals surface area contributed by atoms with Crippen LogP contribution in [0.25, 0.3) is 10.8 Å². The Hall–Kier alpha value is -2.40. The van der Waals surface area contributed by atoms with E-state index in [1.54, 1.807) is 28.4 Å². The molecular weight excluding hydrogens is 344 g/mol. The van der Waals surface area contributed by atoms with E-state index in [1.807, 2.05) is 31.2 Å². The van der Waals surface area contributed by atoms with Crippen LogP contribution >= 0.6 is 0 Å². The minimum atomic E-state index is -0.325. The minimum absolute atomic E-state index is 0.274. The monoisotopic (exact) mass is 374 g/mol. The van der Waals surface area contributed by atoms with Crippen LogP contribution < -0.4 is 18.9 Å². The van der Waals surface area contributed by atoms with Crippen molar-refractivity contribution < 1.29 is 23.7 Å². The largest absolute Gasteiger partial charge is 0.496 e. The lowest BCUT2D eigenvalue weighted by Gasteiger charge is -2.33. The zero-order chi connectivity index (χ0) is 20.2. The lowest BCUT2D eigenvalue weighted by molar-refractivity contribution is -0.00162. The van der Waals surface area contributed by atoms with Gasteiger partial charge in [-0.15, -0.1) is 6.58 Å². The number of methoxy groups -OCH3 is 4. The van der Waals surface area contributed by atoms with Gasteiger partial charge < -0.3 is 23.7 Å². The van der Waals surface area contributed by atoms with Crippen LogP contribution in [0.5, 0.6) is 23.0 Å². The molecule has 0 saturated carbocycles. The second-order valence-corrected chi connectivity index (χ2v) is 6.78. The predicted octanol–water partition coefficient (Wildman–Crippen LogP) is 5.16. The Bertz CT molecular complexity index is 810. The van der Waals surface area contributed by atoms with Crippen molar-refractivity contribution in [3.05, 3.63) is 36.4 Å². The van der Waals surface area contributed by atoms with Gasteiger partial charge >= 0.3 is 0 Å². The molecular formula is C22H30O5. The molecule has 0 aliphatic heterocycles. The zero-order valence-electron chi connectivity index (χ0n) is 17.3. The molecule has 2 aromatic carbocycles. The summed E-state index contributed by atoms with van der Waals surface area (Å²) in [5.74, 6) is 2.70. The van der Waals surface area contributed by atoms with Crippen LogP contribution in [0.15, 0.2) is 30.9 Å². The lowest BCUT2D eigenvalue weighted by atomic mass is 9.81. The molecule has 0 aliphatic carbocycles. The van der Waals surface area contributed by atoms with Gasteiger partial charge in [0.15, 0.2) is 0 Å². The molecule has 0 bridgehead atoms. The Morgan fingerprint density at radius 3 is 1.93 bits per heavy atom. The van der Waals surface area contributed by atoms with E-state index in [4.69, 9.17) is 23.7 Å². The van der Waals surface area contributed by atoms with Crippen LogP contribution in [0.1, 0.15) is 32.4 Å². The first kappa shape index (κ1) is 20.9. The average Bonchev–Trinajstić information content (AvgIpc) is 2.69. The van der Waals surface area contributed by atoms with Crippen molar-refractivity contribution in [2.45, 2.75) is 26.9 Å². The van der Waals surface area contributed by atoms with Gasteiger partial charge in [-0.3, -0.25) is 0 Å². The Kier molecular flexibility index (Phi) is 6.60. The second kappa shape index (κ2) is 8.53. The van der Waals surface area contributed by atoms with Gasteiger partial charge in [-0.25, -0.2) is 0 Å². The molecule has 0 saturated heterocycles. The third-order valence-electron chi connectivity index (χ3n) is 4.83. The van der Waals surface area contributed by atoms with Gasteiger partial charge in [0.2, 0.25) is 0 Å². The van der Waals surface area contributed by atoms with Gasteiger partial charge in [-0.2, -0.15) is 0 Å². The van der Waals surface area contributed by atoms with Crippen molar-refractivity contribution in [3.63, 3.8) is 0 Å². The second-order valence-electron chi connectivity index (χ2n) is 6.78. The Labute approximate surface area is 161 Å². The van der Waals surface area contributed by atoms with Crippen LogP contribution in [0.2, 0.25) is 0 Å². The molecule has 0 amide bonds. The SMILES string of the molecule is C=CC(C)(C)C(OCC)c1cc(OC)c2c(OC)ccc(OC)c2c1OC. The first-order chi connectivity index (χ1) is 12.9. The van der Waals surface area contributed by atoms with Crippen molar-refractivity contribution in [1.82, 2.24) is 0 Å². The van der Waals surface area contributed by atoms with E-state index < -0.39 is 0 Å². The van der Waals surface area contributed by atoms with E-state index in [2.05, 4.69) is 20.4 Å². The summed E-state index contributed by atoms with van der Waals surface area (Å²) < 4.78 is 28.9. The van der Waals surface area contributed by atoms with Crippen molar-refractivity contribution in [1.29, 1.82) is 0 Å². The lowest BCUT2D eigenvalue weighted by Crippen LogP contribution is -2.23. The fourth-order valence-electron chi connectivity index (χ4n) is 3.35. The predicted molar refractivity (Wildman–Crippen MR) is 109 cm³/mol. The normalized spacial score (nSPS) is 12.6. The van der Waals surface area contributed by atoms with Gasteiger partial charge in [0, 0.05) is 17.6 Å². The van der Waals surface area contributed by atoms with Crippen LogP contribution in [0, 0.1) is 5.41 Å². The summed E-state index contributed by atoms with van der Waals surface area (Å²) in [5, 5.41) is 1.59. The summed E-state index contributed by atoms with van der Waals surface area (Å²) in [4.78, 5) is 0. The molecule has 27 heavy (non-hydrogen) atoms. The average molecular weight is 374 g/mol. The molecule has 0 aliphatic rings. The third kappa shape index (κ3) is 3.69. The van der Waals surface area contributed by atoms with E-state index in [1.165, 1.54) is 0 Å². The summed E-state index contributed by atoms with van der Waals surface area (Å²) >= 11 is 0. The number of hydrogen-bond acceptors (Lipinski definition) is 5. The molecule has 148 valence electrons. The van der Waals surface area contributed by atoms with E-state index >= 15 is 0 Å². The highest BCUT2D eigenvalue weighted by atomic mass is 16.5. The summed E-state index contributed by atoms with van der Waals surface area (Å²) in [6.45, 7) is 10.7. The van der Waals surface area contributed by atoms with Gasteiger partial charge in [-0.05, 0) is 25.1 Å². The molecule has 2 rings (SSSR count). The van der Waals surface area contributed by atoms with Crippen LogP contribution in [-0.2, 0) is 4.74 Å². The van der Waals surface area contributed by atoms with Crippen molar-refractivity contribution >= 4 is 10.8 Å². The molecule has 5 nitrogen and oxygen atoms in total. The van der Waals surface area contributed by atoms with Gasteiger partial charge in [0.05, 0.1) is 45.3 Å². The van der Waals surface area contributed by atoms with Gasteiger partial charge in [0.1, 0.15) is 23.0 Å². The summed E-state index contributed by atoms with van der Waals surface area (Å²) in [7, 11) is 6.55. The molecule has 1 unspecified atom stereocenters. The topological polar surface area (TPSA) is 46.2 Å². The molecule has 2 aromatic rings. The quantitative estimate of drug-likeness (QED) is 0.567.